The van der Waals surface area contributed by atoms with Gasteiger partial charge in [-0.15, -0.1) is 0 Å². The normalized spacial score (nSPS) is 12.8. The van der Waals surface area contributed by atoms with Gasteiger partial charge in [-0.2, -0.15) is 0 Å². The predicted octanol–water partition coefficient (Wildman–Crippen LogP) is 3.79. The molecule has 0 saturated heterocycles. The van der Waals surface area contributed by atoms with Crippen LogP contribution in [0.1, 0.15) is 5.56 Å². The first-order chi connectivity index (χ1) is 11.0. The number of ether oxygens (including phenoxy) is 1. The first-order valence-electron chi connectivity index (χ1n) is 7.30. The van der Waals surface area contributed by atoms with Crippen molar-refractivity contribution in [1.82, 2.24) is 0 Å². The van der Waals surface area contributed by atoms with Gasteiger partial charge in [0.2, 0.25) is 0 Å². The van der Waals surface area contributed by atoms with Crippen molar-refractivity contribution in [2.24, 2.45) is 0 Å². The van der Waals surface area contributed by atoms with E-state index in [1.807, 2.05) is 68.1 Å². The molecule has 2 aromatic carbocycles. The van der Waals surface area contributed by atoms with Crippen molar-refractivity contribution in [1.29, 1.82) is 0 Å². The molecule has 1 atom stereocenters. The fourth-order valence-corrected chi connectivity index (χ4v) is 3.88. The number of carbonyl (C=O) groups excluding carboxylic acids is 1. The summed E-state index contributed by atoms with van der Waals surface area (Å²) >= 11 is 0. The van der Waals surface area contributed by atoms with Gasteiger partial charge in [0.15, 0.2) is 6.23 Å². The number of benzene rings is 2. The monoisotopic (exact) mass is 328 g/mol. The van der Waals surface area contributed by atoms with Crippen molar-refractivity contribution >= 4 is 14.5 Å². The van der Waals surface area contributed by atoms with Crippen molar-refractivity contribution < 1.29 is 18.4 Å². The second-order valence-electron chi connectivity index (χ2n) is 5.23. The number of hydrogen-bond acceptors (Lipinski definition) is 4. The predicted molar refractivity (Wildman–Crippen MR) is 91.7 cm³/mol. The van der Waals surface area contributed by atoms with Crippen LogP contribution in [0.15, 0.2) is 67.3 Å². The minimum absolute atomic E-state index is 0.0705. The molecule has 23 heavy (non-hydrogen) atoms. The van der Waals surface area contributed by atoms with Crippen LogP contribution in [0.3, 0.4) is 0 Å². The summed E-state index contributed by atoms with van der Waals surface area (Å²) in [6.45, 7) is 7.23. The molecule has 0 aliphatic heterocycles. The van der Waals surface area contributed by atoms with Crippen LogP contribution < -0.4 is 8.85 Å². The van der Waals surface area contributed by atoms with Crippen LogP contribution in [0.4, 0.5) is 0 Å². The molecule has 0 spiro atoms. The molecule has 1 unspecified atom stereocenters. The number of hydrogen-bond donors (Lipinski definition) is 0. The summed E-state index contributed by atoms with van der Waals surface area (Å²) in [5.41, 5.74) is 0.998. The lowest BCUT2D eigenvalue weighted by Crippen LogP contribution is -2.51. The summed E-state index contributed by atoms with van der Waals surface area (Å²) in [6.07, 6.45) is 1.20. The first kappa shape index (κ1) is 16.8. The van der Waals surface area contributed by atoms with E-state index >= 15 is 0 Å². The molecule has 0 bridgehead atoms. The standard InChI is InChI=1S/C18H20O4Si/c1-4-18(19)20-14-23(3,21-16-11-6-5-7-12-16)22-17-13-9-8-10-15(17)2/h4-13H,1,14H2,2-3H3. The minimum atomic E-state index is -2.83. The molecular weight excluding hydrogens is 308 g/mol. The molecule has 0 N–H and O–H groups in total. The Hall–Kier alpha value is -2.53. The quantitative estimate of drug-likeness (QED) is 0.441. The fourth-order valence-electron chi connectivity index (χ4n) is 1.98. The molecule has 0 amide bonds. The topological polar surface area (TPSA) is 44.8 Å². The molecule has 0 aliphatic rings. The third-order valence-corrected chi connectivity index (χ3v) is 5.13. The minimum Gasteiger partial charge on any atom is -0.510 e. The molecule has 0 aromatic heterocycles. The van der Waals surface area contributed by atoms with E-state index in [4.69, 9.17) is 13.6 Å². The highest BCUT2D eigenvalue weighted by Crippen LogP contribution is 2.23. The summed E-state index contributed by atoms with van der Waals surface area (Å²) < 4.78 is 17.4. The van der Waals surface area contributed by atoms with E-state index < -0.39 is 14.5 Å². The van der Waals surface area contributed by atoms with Crippen LogP contribution >= 0.6 is 0 Å². The highest BCUT2D eigenvalue weighted by Gasteiger charge is 2.38. The molecule has 0 saturated carbocycles. The van der Waals surface area contributed by atoms with Crippen LogP contribution in [0.25, 0.3) is 0 Å². The van der Waals surface area contributed by atoms with Gasteiger partial charge in [-0.25, -0.2) is 4.79 Å². The van der Waals surface area contributed by atoms with E-state index in [9.17, 15) is 4.79 Å². The van der Waals surface area contributed by atoms with Crippen molar-refractivity contribution in [3.63, 3.8) is 0 Å². The Bertz CT molecular complexity index is 672. The van der Waals surface area contributed by atoms with E-state index in [1.54, 1.807) is 0 Å². The van der Waals surface area contributed by atoms with E-state index in [0.29, 0.717) is 5.75 Å². The summed E-state index contributed by atoms with van der Waals surface area (Å²) in [7, 11) is -2.83. The fraction of sp³-hybridized carbons (Fsp3) is 0.167. The van der Waals surface area contributed by atoms with Crippen molar-refractivity contribution in [2.45, 2.75) is 13.5 Å². The lowest BCUT2D eigenvalue weighted by atomic mass is 10.2. The van der Waals surface area contributed by atoms with Gasteiger partial charge in [0, 0.05) is 12.6 Å². The van der Waals surface area contributed by atoms with E-state index in [-0.39, 0.29) is 6.23 Å². The number of aryl methyl sites for hydroxylation is 1. The highest BCUT2D eigenvalue weighted by atomic mass is 28.4. The van der Waals surface area contributed by atoms with Crippen molar-refractivity contribution in [3.05, 3.63) is 72.8 Å². The van der Waals surface area contributed by atoms with Gasteiger partial charge in [0.1, 0.15) is 11.5 Å². The van der Waals surface area contributed by atoms with Crippen molar-refractivity contribution in [3.8, 4) is 11.5 Å². The zero-order chi connectivity index (χ0) is 16.7. The third kappa shape index (κ3) is 5.00. The first-order valence-corrected chi connectivity index (χ1v) is 9.83. The number of carbonyl (C=O) groups is 1. The van der Waals surface area contributed by atoms with E-state index in [2.05, 4.69) is 6.58 Å². The second kappa shape index (κ2) is 7.65. The maximum atomic E-state index is 11.4. The average Bonchev–Trinajstić information content (AvgIpc) is 2.56. The Labute approximate surface area is 137 Å². The number of esters is 1. The Kier molecular flexibility index (Phi) is 5.59. The van der Waals surface area contributed by atoms with Gasteiger partial charge in [-0.1, -0.05) is 43.0 Å². The highest BCUT2D eigenvalue weighted by molar-refractivity contribution is 6.67. The smallest absolute Gasteiger partial charge is 0.496 e. The molecule has 2 aromatic rings. The third-order valence-electron chi connectivity index (χ3n) is 3.14. The molecule has 5 heteroatoms. The lowest BCUT2D eigenvalue weighted by molar-refractivity contribution is -0.136. The number of rotatable bonds is 7. The maximum absolute atomic E-state index is 11.4. The summed E-state index contributed by atoms with van der Waals surface area (Å²) in [5.74, 6) is 0.922. The molecule has 4 nitrogen and oxygen atoms in total. The van der Waals surface area contributed by atoms with E-state index in [0.717, 1.165) is 17.4 Å². The average molecular weight is 328 g/mol. The summed E-state index contributed by atoms with van der Waals surface area (Å²) in [6, 6.07) is 17.1. The van der Waals surface area contributed by atoms with Gasteiger partial charge in [0.25, 0.3) is 0 Å². The molecule has 0 heterocycles. The van der Waals surface area contributed by atoms with E-state index in [1.165, 1.54) is 0 Å². The lowest BCUT2D eigenvalue weighted by Gasteiger charge is -2.28. The van der Waals surface area contributed by atoms with Crippen LogP contribution in [0, 0.1) is 6.92 Å². The van der Waals surface area contributed by atoms with Crippen LogP contribution in [0.5, 0.6) is 11.5 Å². The van der Waals surface area contributed by atoms with Gasteiger partial charge in [0.05, 0.1) is 0 Å². The van der Waals surface area contributed by atoms with Gasteiger partial charge in [-0.05, 0) is 30.7 Å². The SMILES string of the molecule is C=CC(=O)OC[Si](C)(Oc1ccccc1)Oc1ccccc1C. The zero-order valence-corrected chi connectivity index (χ0v) is 14.3. The Balaban J connectivity index is 2.21. The molecular formula is C18H20O4Si. The van der Waals surface area contributed by atoms with Crippen LogP contribution in [0.2, 0.25) is 6.55 Å². The maximum Gasteiger partial charge on any atom is 0.496 e. The Morgan fingerprint density at radius 2 is 1.74 bits per heavy atom. The second-order valence-corrected chi connectivity index (χ2v) is 8.19. The summed E-state index contributed by atoms with van der Waals surface area (Å²) in [5, 5.41) is 0. The molecule has 120 valence electrons. The molecule has 0 fully saturated rings. The Morgan fingerprint density at radius 1 is 1.09 bits per heavy atom. The van der Waals surface area contributed by atoms with Crippen LogP contribution in [-0.2, 0) is 9.53 Å². The Morgan fingerprint density at radius 3 is 2.39 bits per heavy atom. The van der Waals surface area contributed by atoms with Gasteiger partial charge >= 0.3 is 14.5 Å². The molecule has 0 aliphatic carbocycles. The van der Waals surface area contributed by atoms with Gasteiger partial charge < -0.3 is 13.6 Å². The zero-order valence-electron chi connectivity index (χ0n) is 13.3. The van der Waals surface area contributed by atoms with Crippen molar-refractivity contribution in [2.75, 3.05) is 6.23 Å². The van der Waals surface area contributed by atoms with Crippen LogP contribution in [-0.4, -0.2) is 20.8 Å². The number of para-hydroxylation sites is 2. The molecule has 0 radical (unpaired) electrons. The largest absolute Gasteiger partial charge is 0.510 e. The summed E-state index contributed by atoms with van der Waals surface area (Å²) in [4.78, 5) is 11.4. The molecule has 2 rings (SSSR count). The van der Waals surface area contributed by atoms with Gasteiger partial charge in [-0.3, -0.25) is 0 Å².